The summed E-state index contributed by atoms with van der Waals surface area (Å²) < 4.78 is 4.80. The molecule has 0 aliphatic rings. The molecule has 0 bridgehead atoms. The maximum absolute atomic E-state index is 11.0. The van der Waals surface area contributed by atoms with Gasteiger partial charge in [-0.15, -0.1) is 11.8 Å². The molecular weight excluding hydrogens is 198 g/mol. The average Bonchev–Trinajstić information content (AvgIpc) is 2.20. The van der Waals surface area contributed by atoms with Crippen molar-refractivity contribution >= 4 is 17.7 Å². The van der Waals surface area contributed by atoms with E-state index < -0.39 is 0 Å². The Morgan fingerprint density at radius 1 is 1.64 bits per heavy atom. The molecule has 0 fully saturated rings. The van der Waals surface area contributed by atoms with E-state index in [-0.39, 0.29) is 5.97 Å². The summed E-state index contributed by atoms with van der Waals surface area (Å²) in [6, 6.07) is 3.88. The maximum Gasteiger partial charge on any atom is 0.315 e. The predicted octanol–water partition coefficient (Wildman–Crippen LogP) is 1.88. The number of esters is 1. The Morgan fingerprint density at radius 3 is 3.14 bits per heavy atom. The molecule has 1 rings (SSSR count). The van der Waals surface area contributed by atoms with E-state index in [0.29, 0.717) is 12.4 Å². The van der Waals surface area contributed by atoms with Gasteiger partial charge in [-0.1, -0.05) is 6.07 Å². The number of carbonyl (C=O) groups is 1. The van der Waals surface area contributed by atoms with Crippen molar-refractivity contribution in [3.8, 4) is 0 Å². The smallest absolute Gasteiger partial charge is 0.315 e. The van der Waals surface area contributed by atoms with Gasteiger partial charge in [0, 0.05) is 18.1 Å². The van der Waals surface area contributed by atoms with Crippen LogP contribution in [-0.4, -0.2) is 23.3 Å². The van der Waals surface area contributed by atoms with Gasteiger partial charge in [-0.05, 0) is 18.6 Å². The fourth-order valence-electron chi connectivity index (χ4n) is 0.938. The SMILES string of the molecule is CCOC(=O)CSCc1cccnc1. The molecule has 76 valence electrons. The van der Waals surface area contributed by atoms with E-state index in [4.69, 9.17) is 4.74 Å². The van der Waals surface area contributed by atoms with E-state index in [1.54, 1.807) is 12.4 Å². The van der Waals surface area contributed by atoms with E-state index in [1.165, 1.54) is 11.8 Å². The Hall–Kier alpha value is -1.03. The topological polar surface area (TPSA) is 39.2 Å². The van der Waals surface area contributed by atoms with Crippen LogP contribution in [0.4, 0.5) is 0 Å². The first-order chi connectivity index (χ1) is 6.83. The number of ether oxygens (including phenoxy) is 1. The van der Waals surface area contributed by atoms with Crippen LogP contribution in [0.1, 0.15) is 12.5 Å². The van der Waals surface area contributed by atoms with Crippen molar-refractivity contribution < 1.29 is 9.53 Å². The van der Waals surface area contributed by atoms with Gasteiger partial charge in [0.05, 0.1) is 12.4 Å². The molecule has 0 saturated carbocycles. The number of hydrogen-bond donors (Lipinski definition) is 0. The molecule has 1 heterocycles. The van der Waals surface area contributed by atoms with Crippen LogP contribution in [0.15, 0.2) is 24.5 Å². The van der Waals surface area contributed by atoms with Crippen molar-refractivity contribution in [2.75, 3.05) is 12.4 Å². The number of thioether (sulfide) groups is 1. The van der Waals surface area contributed by atoms with Gasteiger partial charge in [0.2, 0.25) is 0 Å². The summed E-state index contributed by atoms with van der Waals surface area (Å²) in [5.74, 6) is 1.05. The van der Waals surface area contributed by atoms with Gasteiger partial charge in [-0.25, -0.2) is 0 Å². The van der Waals surface area contributed by atoms with Crippen molar-refractivity contribution in [1.29, 1.82) is 0 Å². The average molecular weight is 211 g/mol. The third kappa shape index (κ3) is 4.28. The van der Waals surface area contributed by atoms with Crippen LogP contribution in [0, 0.1) is 0 Å². The van der Waals surface area contributed by atoms with E-state index in [2.05, 4.69) is 4.98 Å². The molecule has 0 spiro atoms. The highest BCUT2D eigenvalue weighted by atomic mass is 32.2. The van der Waals surface area contributed by atoms with E-state index >= 15 is 0 Å². The second-order valence-electron chi connectivity index (χ2n) is 2.66. The lowest BCUT2D eigenvalue weighted by molar-refractivity contribution is -0.139. The fraction of sp³-hybridized carbons (Fsp3) is 0.400. The van der Waals surface area contributed by atoms with Gasteiger partial charge < -0.3 is 4.74 Å². The molecule has 0 saturated heterocycles. The highest BCUT2D eigenvalue weighted by molar-refractivity contribution is 7.99. The summed E-state index contributed by atoms with van der Waals surface area (Å²) in [7, 11) is 0. The molecule has 0 unspecified atom stereocenters. The molecule has 4 heteroatoms. The first-order valence-corrected chi connectivity index (χ1v) is 5.60. The zero-order chi connectivity index (χ0) is 10.2. The largest absolute Gasteiger partial charge is 0.465 e. The van der Waals surface area contributed by atoms with E-state index in [1.807, 2.05) is 19.1 Å². The number of hydrogen-bond acceptors (Lipinski definition) is 4. The van der Waals surface area contributed by atoms with Crippen molar-refractivity contribution in [3.63, 3.8) is 0 Å². The molecule has 0 aromatic carbocycles. The molecule has 0 radical (unpaired) electrons. The first kappa shape index (κ1) is 11.0. The lowest BCUT2D eigenvalue weighted by Crippen LogP contribution is -2.06. The monoisotopic (exact) mass is 211 g/mol. The number of pyridine rings is 1. The molecule has 0 aliphatic carbocycles. The molecule has 3 nitrogen and oxygen atoms in total. The van der Waals surface area contributed by atoms with E-state index in [9.17, 15) is 4.79 Å². The lowest BCUT2D eigenvalue weighted by atomic mass is 10.3. The van der Waals surface area contributed by atoms with Crippen molar-refractivity contribution in [1.82, 2.24) is 4.98 Å². The number of aromatic nitrogens is 1. The predicted molar refractivity (Wildman–Crippen MR) is 57.0 cm³/mol. The highest BCUT2D eigenvalue weighted by Crippen LogP contribution is 2.10. The molecule has 0 atom stereocenters. The first-order valence-electron chi connectivity index (χ1n) is 4.45. The molecule has 0 N–H and O–H groups in total. The molecule has 1 aromatic rings. The molecule has 14 heavy (non-hydrogen) atoms. The molecule has 1 aromatic heterocycles. The Balaban J connectivity index is 2.19. The summed E-state index contributed by atoms with van der Waals surface area (Å²) in [5, 5.41) is 0. The van der Waals surface area contributed by atoms with Crippen LogP contribution in [-0.2, 0) is 15.3 Å². The molecule has 0 aliphatic heterocycles. The van der Waals surface area contributed by atoms with Gasteiger partial charge >= 0.3 is 5.97 Å². The summed E-state index contributed by atoms with van der Waals surface area (Å²) in [6.45, 7) is 2.26. The summed E-state index contributed by atoms with van der Waals surface area (Å²) >= 11 is 1.54. The summed E-state index contributed by atoms with van der Waals surface area (Å²) in [5.41, 5.74) is 1.13. The van der Waals surface area contributed by atoms with Gasteiger partial charge in [0.1, 0.15) is 0 Å². The minimum Gasteiger partial charge on any atom is -0.465 e. The third-order valence-electron chi connectivity index (χ3n) is 1.52. The van der Waals surface area contributed by atoms with Crippen molar-refractivity contribution in [2.24, 2.45) is 0 Å². The Labute approximate surface area is 87.9 Å². The Bertz CT molecular complexity index is 277. The minimum atomic E-state index is -0.151. The van der Waals surface area contributed by atoms with Gasteiger partial charge in [0.15, 0.2) is 0 Å². The second kappa shape index (κ2) is 6.43. The lowest BCUT2D eigenvalue weighted by Gasteiger charge is -2.01. The fourth-order valence-corrected chi connectivity index (χ4v) is 1.70. The van der Waals surface area contributed by atoms with Crippen LogP contribution in [0.2, 0.25) is 0 Å². The van der Waals surface area contributed by atoms with Crippen molar-refractivity contribution in [3.05, 3.63) is 30.1 Å². The number of nitrogens with zero attached hydrogens (tertiary/aromatic N) is 1. The van der Waals surface area contributed by atoms with Crippen molar-refractivity contribution in [2.45, 2.75) is 12.7 Å². The third-order valence-corrected chi connectivity index (χ3v) is 2.49. The van der Waals surface area contributed by atoms with Gasteiger partial charge in [0.25, 0.3) is 0 Å². The minimum absolute atomic E-state index is 0.151. The van der Waals surface area contributed by atoms with Crippen LogP contribution < -0.4 is 0 Å². The number of rotatable bonds is 5. The zero-order valence-electron chi connectivity index (χ0n) is 8.10. The van der Waals surface area contributed by atoms with Gasteiger partial charge in [-0.3, -0.25) is 9.78 Å². The summed E-state index contributed by atoms with van der Waals surface area (Å²) in [6.07, 6.45) is 3.54. The maximum atomic E-state index is 11.0. The van der Waals surface area contributed by atoms with Crippen LogP contribution in [0.3, 0.4) is 0 Å². The quantitative estimate of drug-likeness (QED) is 0.697. The second-order valence-corrected chi connectivity index (χ2v) is 3.64. The van der Waals surface area contributed by atoms with Gasteiger partial charge in [-0.2, -0.15) is 0 Å². The van der Waals surface area contributed by atoms with E-state index in [0.717, 1.165) is 11.3 Å². The number of carbonyl (C=O) groups excluding carboxylic acids is 1. The van der Waals surface area contributed by atoms with Crippen LogP contribution in [0.25, 0.3) is 0 Å². The van der Waals surface area contributed by atoms with Crippen LogP contribution >= 0.6 is 11.8 Å². The standard InChI is InChI=1S/C10H13NO2S/c1-2-13-10(12)8-14-7-9-4-3-5-11-6-9/h3-6H,2,7-8H2,1H3. The molecule has 0 amide bonds. The Kier molecular flexibility index (Phi) is 5.07. The normalized spacial score (nSPS) is 9.79. The Morgan fingerprint density at radius 2 is 2.50 bits per heavy atom. The highest BCUT2D eigenvalue weighted by Gasteiger charge is 2.01. The summed E-state index contributed by atoms with van der Waals surface area (Å²) in [4.78, 5) is 15.0. The molecular formula is C10H13NO2S. The zero-order valence-corrected chi connectivity index (χ0v) is 8.92. The van der Waals surface area contributed by atoms with Crippen LogP contribution in [0.5, 0.6) is 0 Å².